The molecular formula is C20H15N3O3. The van der Waals surface area contributed by atoms with Gasteiger partial charge in [-0.3, -0.25) is 0 Å². The summed E-state index contributed by atoms with van der Waals surface area (Å²) in [6.07, 6.45) is -1.18. The Morgan fingerprint density at radius 2 is 1.81 bits per heavy atom. The van der Waals surface area contributed by atoms with Crippen molar-refractivity contribution in [3.05, 3.63) is 83.0 Å². The first-order valence-corrected chi connectivity index (χ1v) is 8.13. The third kappa shape index (κ3) is 3.28. The molecule has 0 spiro atoms. The Morgan fingerprint density at radius 3 is 2.58 bits per heavy atom. The number of aromatic nitrogens is 2. The first-order valence-electron chi connectivity index (χ1n) is 8.13. The third-order valence-electron chi connectivity index (χ3n) is 3.97. The molecule has 1 amide bonds. The number of ether oxygens (including phenoxy) is 1. The first-order chi connectivity index (χ1) is 12.7. The predicted octanol–water partition coefficient (Wildman–Crippen LogP) is 3.30. The van der Waals surface area contributed by atoms with Gasteiger partial charge in [0.15, 0.2) is 5.82 Å². The number of amides is 1. The molecule has 1 fully saturated rings. The van der Waals surface area contributed by atoms with E-state index in [-0.39, 0.29) is 5.89 Å². The van der Waals surface area contributed by atoms with Crippen LogP contribution in [0.4, 0.5) is 4.79 Å². The molecule has 1 aliphatic rings. The Labute approximate surface area is 150 Å². The van der Waals surface area contributed by atoms with Crippen molar-refractivity contribution in [1.82, 2.24) is 15.5 Å². The number of benzene rings is 2. The summed E-state index contributed by atoms with van der Waals surface area (Å²) in [6.45, 7) is 1.71. The molecule has 1 aromatic heterocycles. The number of cyclic esters (lactones) is 1. The van der Waals surface area contributed by atoms with Gasteiger partial charge in [0, 0.05) is 11.1 Å². The van der Waals surface area contributed by atoms with E-state index in [1.165, 1.54) is 0 Å². The summed E-state index contributed by atoms with van der Waals surface area (Å²) >= 11 is 0. The topological polar surface area (TPSA) is 77.2 Å². The molecule has 6 nitrogen and oxygen atoms in total. The van der Waals surface area contributed by atoms with E-state index in [0.29, 0.717) is 5.82 Å². The number of rotatable bonds is 2. The molecule has 2 atom stereocenters. The van der Waals surface area contributed by atoms with Crippen LogP contribution in [0.5, 0.6) is 0 Å². The minimum Gasteiger partial charge on any atom is -0.433 e. The van der Waals surface area contributed by atoms with Gasteiger partial charge in [-0.1, -0.05) is 47.3 Å². The van der Waals surface area contributed by atoms with Gasteiger partial charge in [-0.25, -0.2) is 4.79 Å². The van der Waals surface area contributed by atoms with Crippen LogP contribution in [-0.2, 0) is 4.74 Å². The molecule has 0 saturated carbocycles. The third-order valence-corrected chi connectivity index (χ3v) is 3.97. The van der Waals surface area contributed by atoms with Crippen LogP contribution in [0.3, 0.4) is 0 Å². The second-order valence-corrected chi connectivity index (χ2v) is 5.87. The largest absolute Gasteiger partial charge is 0.433 e. The second kappa shape index (κ2) is 6.73. The van der Waals surface area contributed by atoms with E-state index in [9.17, 15) is 4.79 Å². The van der Waals surface area contributed by atoms with E-state index in [4.69, 9.17) is 9.26 Å². The number of aryl methyl sites for hydroxylation is 1. The van der Waals surface area contributed by atoms with Gasteiger partial charge in [0.1, 0.15) is 6.04 Å². The minimum atomic E-state index is -0.666. The molecule has 2 aromatic carbocycles. The number of nitrogens with one attached hydrogen (secondary N) is 1. The quantitative estimate of drug-likeness (QED) is 0.721. The molecule has 0 bridgehead atoms. The van der Waals surface area contributed by atoms with Crippen molar-refractivity contribution in [2.24, 2.45) is 0 Å². The molecule has 1 saturated heterocycles. The zero-order valence-electron chi connectivity index (χ0n) is 14.0. The van der Waals surface area contributed by atoms with Crippen LogP contribution in [-0.4, -0.2) is 16.2 Å². The lowest BCUT2D eigenvalue weighted by atomic mass is 10.00. The Balaban J connectivity index is 1.63. The average molecular weight is 345 g/mol. The summed E-state index contributed by atoms with van der Waals surface area (Å²) in [5.74, 6) is 7.02. The SMILES string of the molecule is Cc1noc(C2OC(=O)NC2c2cccc(C#Cc3ccccc3)c2)n1. The Morgan fingerprint density at radius 1 is 1.04 bits per heavy atom. The number of hydrogen-bond acceptors (Lipinski definition) is 5. The van der Waals surface area contributed by atoms with E-state index >= 15 is 0 Å². The van der Waals surface area contributed by atoms with Crippen molar-refractivity contribution in [2.75, 3.05) is 0 Å². The van der Waals surface area contributed by atoms with Crippen LogP contribution < -0.4 is 5.32 Å². The van der Waals surface area contributed by atoms with Crippen LogP contribution in [0.15, 0.2) is 59.1 Å². The lowest BCUT2D eigenvalue weighted by molar-refractivity contribution is 0.108. The summed E-state index contributed by atoms with van der Waals surface area (Å²) in [4.78, 5) is 15.9. The van der Waals surface area contributed by atoms with Gasteiger partial charge in [-0.15, -0.1) is 0 Å². The Bertz CT molecular complexity index is 1000. The Hall–Kier alpha value is -3.59. The molecule has 1 aliphatic heterocycles. The fourth-order valence-electron chi connectivity index (χ4n) is 2.78. The van der Waals surface area contributed by atoms with Gasteiger partial charge in [0.05, 0.1) is 0 Å². The molecule has 2 unspecified atom stereocenters. The summed E-state index contributed by atoms with van der Waals surface area (Å²) in [6, 6.07) is 17.0. The second-order valence-electron chi connectivity index (χ2n) is 5.87. The van der Waals surface area contributed by atoms with Crippen molar-refractivity contribution in [1.29, 1.82) is 0 Å². The first kappa shape index (κ1) is 15.9. The molecule has 1 N–H and O–H groups in total. The highest BCUT2D eigenvalue weighted by atomic mass is 16.6. The predicted molar refractivity (Wildman–Crippen MR) is 93.0 cm³/mol. The lowest BCUT2D eigenvalue weighted by Crippen LogP contribution is -2.19. The highest BCUT2D eigenvalue weighted by Gasteiger charge is 2.40. The maximum Gasteiger partial charge on any atom is 0.408 e. The molecular weight excluding hydrogens is 330 g/mol. The summed E-state index contributed by atoms with van der Waals surface area (Å²) in [7, 11) is 0. The fraction of sp³-hybridized carbons (Fsp3) is 0.150. The molecule has 26 heavy (non-hydrogen) atoms. The standard InChI is InChI=1S/C20H15N3O3/c1-13-21-19(26-23-13)18-17(22-20(24)25-18)16-9-5-8-15(12-16)11-10-14-6-3-2-4-7-14/h2-9,12,17-18H,1H3,(H,22,24). The van der Waals surface area contributed by atoms with Gasteiger partial charge in [0.2, 0.25) is 6.10 Å². The molecule has 6 heteroatoms. The van der Waals surface area contributed by atoms with Crippen molar-refractivity contribution in [2.45, 2.75) is 19.1 Å². The zero-order chi connectivity index (χ0) is 17.9. The van der Waals surface area contributed by atoms with E-state index in [1.807, 2.05) is 54.6 Å². The van der Waals surface area contributed by atoms with Crippen molar-refractivity contribution < 1.29 is 14.1 Å². The number of alkyl carbamates (subject to hydrolysis) is 1. The average Bonchev–Trinajstić information content (AvgIpc) is 3.27. The minimum absolute atomic E-state index is 0.270. The summed E-state index contributed by atoms with van der Waals surface area (Å²) in [5, 5.41) is 6.56. The smallest absolute Gasteiger partial charge is 0.408 e. The molecule has 0 radical (unpaired) electrons. The van der Waals surface area contributed by atoms with Gasteiger partial charge >= 0.3 is 6.09 Å². The summed E-state index contributed by atoms with van der Waals surface area (Å²) in [5.41, 5.74) is 2.64. The van der Waals surface area contributed by atoms with Crippen LogP contribution in [0.2, 0.25) is 0 Å². The summed E-state index contributed by atoms with van der Waals surface area (Å²) < 4.78 is 10.5. The van der Waals surface area contributed by atoms with Crippen LogP contribution >= 0.6 is 0 Å². The number of carbonyl (C=O) groups excluding carboxylic acids is 1. The normalized spacial score (nSPS) is 18.6. The van der Waals surface area contributed by atoms with E-state index in [1.54, 1.807) is 6.92 Å². The van der Waals surface area contributed by atoms with Gasteiger partial charge in [-0.05, 0) is 36.8 Å². The molecule has 3 aromatic rings. The molecule has 0 aliphatic carbocycles. The maximum atomic E-state index is 11.8. The molecule has 4 rings (SSSR count). The molecule has 128 valence electrons. The number of nitrogens with zero attached hydrogens (tertiary/aromatic N) is 2. The maximum absolute atomic E-state index is 11.8. The lowest BCUT2D eigenvalue weighted by Gasteiger charge is -2.14. The monoisotopic (exact) mass is 345 g/mol. The van der Waals surface area contributed by atoms with Crippen molar-refractivity contribution >= 4 is 6.09 Å². The van der Waals surface area contributed by atoms with Gasteiger partial charge in [0.25, 0.3) is 5.89 Å². The van der Waals surface area contributed by atoms with E-state index in [2.05, 4.69) is 27.3 Å². The van der Waals surface area contributed by atoms with E-state index in [0.717, 1.165) is 16.7 Å². The van der Waals surface area contributed by atoms with Gasteiger partial charge < -0.3 is 14.6 Å². The zero-order valence-corrected chi connectivity index (χ0v) is 14.0. The number of carbonyl (C=O) groups is 1. The highest BCUT2D eigenvalue weighted by Crippen LogP contribution is 2.35. The van der Waals surface area contributed by atoms with Crippen LogP contribution in [0, 0.1) is 18.8 Å². The van der Waals surface area contributed by atoms with Crippen molar-refractivity contribution in [3.8, 4) is 11.8 Å². The highest BCUT2D eigenvalue weighted by molar-refractivity contribution is 5.71. The van der Waals surface area contributed by atoms with E-state index < -0.39 is 18.2 Å². The van der Waals surface area contributed by atoms with Crippen LogP contribution in [0.1, 0.15) is 40.6 Å². The van der Waals surface area contributed by atoms with Crippen LogP contribution in [0.25, 0.3) is 0 Å². The Kier molecular flexibility index (Phi) is 4.12. The molecule has 2 heterocycles. The van der Waals surface area contributed by atoms with Crippen molar-refractivity contribution in [3.63, 3.8) is 0 Å². The fourth-order valence-corrected chi connectivity index (χ4v) is 2.78. The van der Waals surface area contributed by atoms with Gasteiger partial charge in [-0.2, -0.15) is 4.98 Å². The number of hydrogen-bond donors (Lipinski definition) is 1.